The largest absolute Gasteiger partial charge is 0.376 e. The molecule has 0 bridgehead atoms. The van der Waals surface area contributed by atoms with E-state index in [4.69, 9.17) is 9.26 Å². The summed E-state index contributed by atoms with van der Waals surface area (Å²) in [4.78, 5) is 16.2. The van der Waals surface area contributed by atoms with E-state index in [0.29, 0.717) is 41.9 Å². The van der Waals surface area contributed by atoms with Crippen molar-refractivity contribution in [3.05, 3.63) is 76.8 Å². The van der Waals surface area contributed by atoms with Gasteiger partial charge < -0.3 is 19.5 Å². The van der Waals surface area contributed by atoms with Gasteiger partial charge in [0, 0.05) is 23.0 Å². The van der Waals surface area contributed by atoms with Crippen molar-refractivity contribution in [2.24, 2.45) is 11.8 Å². The molecule has 2 N–H and O–H groups in total. The number of hydrogen-bond acceptors (Lipinski definition) is 7. The van der Waals surface area contributed by atoms with Gasteiger partial charge in [-0.3, -0.25) is 9.52 Å². The van der Waals surface area contributed by atoms with Crippen LogP contribution in [0, 0.1) is 25.7 Å². The molecular weight excluding hydrogens is 588 g/mol. The molecule has 2 saturated carbocycles. The van der Waals surface area contributed by atoms with Crippen molar-refractivity contribution in [2.75, 3.05) is 4.72 Å². The van der Waals surface area contributed by atoms with E-state index >= 15 is 0 Å². The lowest BCUT2D eigenvalue weighted by Gasteiger charge is -2.41. The fraction of sp³-hybridized carbons (Fsp3) is 0.486. The third-order valence-corrected chi connectivity index (χ3v) is 10.9. The summed E-state index contributed by atoms with van der Waals surface area (Å²) in [5.41, 5.74) is 4.32. The molecular formula is C35H44N4O5S. The third kappa shape index (κ3) is 6.27. The topological polar surface area (TPSA) is 114 Å². The molecule has 1 amide bonds. The van der Waals surface area contributed by atoms with E-state index in [1.54, 1.807) is 26.0 Å². The van der Waals surface area contributed by atoms with Crippen molar-refractivity contribution in [1.82, 2.24) is 15.4 Å². The Hall–Kier alpha value is -3.63. The number of fused-ring (bicyclic) bond motifs is 1. The number of allylic oxidation sites excluding steroid dienone is 1. The first-order chi connectivity index (χ1) is 21.5. The van der Waals surface area contributed by atoms with Crippen LogP contribution in [0.3, 0.4) is 0 Å². The van der Waals surface area contributed by atoms with Gasteiger partial charge in [0.25, 0.3) is 15.9 Å². The standard InChI is InChI=1S/C35H44N4O5S/c1-6-7-10-29-19-36-35(17-26-16-27(26)18-35)34(40)39(29)20-25-13-14-30(28(15-25)21-43-22(2)3)31-11-8-9-12-32(31)45(41,42)38-33-23(4)24(5)44-37-33/h8-9,11-15,19,22,26-27,36H,6-7,10,16-18,20-21H2,1-5H3,(H,37,38). The molecule has 0 radical (unpaired) electrons. The summed E-state index contributed by atoms with van der Waals surface area (Å²) in [5.74, 6) is 2.22. The van der Waals surface area contributed by atoms with Gasteiger partial charge >= 0.3 is 0 Å². The SMILES string of the molecule is CCCCC1=CNC2(CC3CC3C2)C(=O)N1Cc1ccc(-c2ccccc2S(=O)(=O)Nc2noc(C)c2C)c(COC(C)C)c1. The molecule has 9 nitrogen and oxygen atoms in total. The van der Waals surface area contributed by atoms with Gasteiger partial charge in [-0.2, -0.15) is 0 Å². The summed E-state index contributed by atoms with van der Waals surface area (Å²) in [6, 6.07) is 13.0. The number of aromatic nitrogens is 1. The zero-order valence-electron chi connectivity index (χ0n) is 26.9. The predicted octanol–water partition coefficient (Wildman–Crippen LogP) is 6.82. The summed E-state index contributed by atoms with van der Waals surface area (Å²) < 4.78 is 41.2. The molecule has 45 heavy (non-hydrogen) atoms. The van der Waals surface area contributed by atoms with Crippen LogP contribution in [0.25, 0.3) is 11.1 Å². The lowest BCUT2D eigenvalue weighted by atomic mass is 9.88. The number of hydrogen-bond donors (Lipinski definition) is 2. The number of carbonyl (C=O) groups is 1. The van der Waals surface area contributed by atoms with Crippen molar-refractivity contribution in [1.29, 1.82) is 0 Å². The minimum absolute atomic E-state index is 0.0208. The van der Waals surface area contributed by atoms with Gasteiger partial charge in [0.1, 0.15) is 11.3 Å². The van der Waals surface area contributed by atoms with Gasteiger partial charge in [0.2, 0.25) is 0 Å². The zero-order chi connectivity index (χ0) is 31.9. The number of nitrogens with zero attached hydrogens (tertiary/aromatic N) is 2. The number of unbranched alkanes of at least 4 members (excludes halogenated alkanes) is 1. The van der Waals surface area contributed by atoms with Crippen molar-refractivity contribution in [3.8, 4) is 11.1 Å². The highest BCUT2D eigenvalue weighted by Gasteiger charge is 2.59. The van der Waals surface area contributed by atoms with Crippen LogP contribution in [0.1, 0.15) is 81.7 Å². The monoisotopic (exact) mass is 632 g/mol. The van der Waals surface area contributed by atoms with E-state index < -0.39 is 15.6 Å². The normalized spacial score (nSPS) is 22.5. The molecule has 10 heteroatoms. The molecule has 3 aromatic rings. The van der Waals surface area contributed by atoms with Crippen molar-refractivity contribution < 1.29 is 22.5 Å². The van der Waals surface area contributed by atoms with Gasteiger partial charge in [0.15, 0.2) is 5.82 Å². The van der Waals surface area contributed by atoms with Crippen LogP contribution in [0.2, 0.25) is 0 Å². The highest BCUT2D eigenvalue weighted by atomic mass is 32.2. The average molecular weight is 633 g/mol. The molecule has 2 unspecified atom stereocenters. The number of sulfonamides is 1. The first-order valence-electron chi connectivity index (χ1n) is 16.1. The Morgan fingerprint density at radius 1 is 1.13 bits per heavy atom. The van der Waals surface area contributed by atoms with Crippen LogP contribution in [0.5, 0.6) is 0 Å². The average Bonchev–Trinajstić information content (AvgIpc) is 3.52. The summed E-state index contributed by atoms with van der Waals surface area (Å²) in [7, 11) is -4.00. The summed E-state index contributed by atoms with van der Waals surface area (Å²) in [6.45, 7) is 10.4. The van der Waals surface area contributed by atoms with Crippen molar-refractivity contribution in [3.63, 3.8) is 0 Å². The molecule has 2 aromatic carbocycles. The van der Waals surface area contributed by atoms with Crippen LogP contribution in [0.4, 0.5) is 5.82 Å². The maximum absolute atomic E-state index is 14.1. The number of carbonyl (C=O) groups excluding carboxylic acids is 1. The van der Waals surface area contributed by atoms with Crippen LogP contribution in [-0.2, 0) is 32.7 Å². The number of rotatable bonds is 12. The number of nitrogens with one attached hydrogen (secondary N) is 2. The van der Waals surface area contributed by atoms with Crippen molar-refractivity contribution >= 4 is 21.7 Å². The van der Waals surface area contributed by atoms with Gasteiger partial charge in [0.05, 0.1) is 24.2 Å². The zero-order valence-corrected chi connectivity index (χ0v) is 27.7. The molecule has 1 spiro atoms. The minimum Gasteiger partial charge on any atom is -0.376 e. The number of benzene rings is 2. The Labute approximate surface area is 266 Å². The Morgan fingerprint density at radius 2 is 1.89 bits per heavy atom. The lowest BCUT2D eigenvalue weighted by Crippen LogP contribution is -2.58. The molecule has 0 saturated heterocycles. The van der Waals surface area contributed by atoms with E-state index in [0.717, 1.165) is 54.5 Å². The van der Waals surface area contributed by atoms with Gasteiger partial charge in [-0.15, -0.1) is 0 Å². The van der Waals surface area contributed by atoms with Crippen LogP contribution in [-0.4, -0.2) is 36.0 Å². The van der Waals surface area contributed by atoms with Gasteiger partial charge in [-0.25, -0.2) is 8.42 Å². The molecule has 2 fully saturated rings. The fourth-order valence-corrected chi connectivity index (χ4v) is 8.03. The molecule has 240 valence electrons. The quantitative estimate of drug-likeness (QED) is 0.225. The maximum Gasteiger partial charge on any atom is 0.263 e. The highest BCUT2D eigenvalue weighted by molar-refractivity contribution is 7.92. The highest BCUT2D eigenvalue weighted by Crippen LogP contribution is 2.57. The first kappa shape index (κ1) is 31.4. The second-order valence-corrected chi connectivity index (χ2v) is 14.8. The maximum atomic E-state index is 14.1. The molecule has 1 aromatic heterocycles. The Kier molecular flexibility index (Phi) is 8.56. The molecule has 1 aliphatic heterocycles. The van der Waals surface area contributed by atoms with E-state index in [1.807, 2.05) is 43.0 Å². The number of ether oxygens (including phenoxy) is 1. The smallest absolute Gasteiger partial charge is 0.263 e. The van der Waals surface area contributed by atoms with Crippen LogP contribution < -0.4 is 10.0 Å². The first-order valence-corrected chi connectivity index (χ1v) is 17.6. The van der Waals surface area contributed by atoms with Crippen molar-refractivity contribution in [2.45, 2.75) is 103 Å². The Bertz CT molecular complexity index is 1720. The van der Waals surface area contributed by atoms with Crippen LogP contribution >= 0.6 is 0 Å². The fourth-order valence-electron chi connectivity index (χ4n) is 6.75. The van der Waals surface area contributed by atoms with E-state index in [9.17, 15) is 13.2 Å². The summed E-state index contributed by atoms with van der Waals surface area (Å²) >= 11 is 0. The number of amides is 1. The Morgan fingerprint density at radius 3 is 2.58 bits per heavy atom. The summed E-state index contributed by atoms with van der Waals surface area (Å²) in [6.07, 6.45) is 8.02. The number of aryl methyl sites for hydroxylation is 1. The molecule has 6 rings (SSSR count). The third-order valence-electron chi connectivity index (χ3n) is 9.53. The Balaban J connectivity index is 1.34. The van der Waals surface area contributed by atoms with E-state index in [-0.39, 0.29) is 22.7 Å². The minimum atomic E-state index is -4.00. The predicted molar refractivity (Wildman–Crippen MR) is 173 cm³/mol. The van der Waals surface area contributed by atoms with E-state index in [1.165, 1.54) is 6.42 Å². The van der Waals surface area contributed by atoms with E-state index in [2.05, 4.69) is 34.4 Å². The summed E-state index contributed by atoms with van der Waals surface area (Å²) in [5, 5.41) is 7.45. The molecule has 2 aliphatic carbocycles. The molecule has 3 aliphatic rings. The lowest BCUT2D eigenvalue weighted by molar-refractivity contribution is -0.138. The number of anilines is 1. The van der Waals surface area contributed by atoms with Gasteiger partial charge in [-0.05, 0) is 94.4 Å². The molecule has 2 heterocycles. The second-order valence-electron chi connectivity index (χ2n) is 13.2. The van der Waals surface area contributed by atoms with Gasteiger partial charge in [-0.1, -0.05) is 54.9 Å². The molecule has 2 atom stereocenters. The van der Waals surface area contributed by atoms with Crippen LogP contribution in [0.15, 0.2) is 63.8 Å². The second kappa shape index (κ2) is 12.3.